The molecule has 4 rings (SSSR count). The molecule has 1 aliphatic rings. The number of aliphatic carboxylic acids is 1. The number of benzene rings is 2. The van der Waals surface area contributed by atoms with Gasteiger partial charge in [-0.3, -0.25) is 4.79 Å². The third-order valence-electron chi connectivity index (χ3n) is 5.24. The van der Waals surface area contributed by atoms with E-state index < -0.39 is 36.0 Å². The number of halogens is 2. The van der Waals surface area contributed by atoms with Crippen LogP contribution in [-0.2, 0) is 22.6 Å². The van der Waals surface area contributed by atoms with Crippen LogP contribution in [0.25, 0.3) is 10.9 Å². The molecular formula is C21H18F2N2O4. The lowest BCUT2D eigenvalue weighted by Crippen LogP contribution is -2.19. The number of fused-ring (bicyclic) bond motifs is 3. The fourth-order valence-corrected chi connectivity index (χ4v) is 4.07. The van der Waals surface area contributed by atoms with Gasteiger partial charge in [-0.25, -0.2) is 13.6 Å². The molecule has 0 fully saturated rings. The summed E-state index contributed by atoms with van der Waals surface area (Å²) in [5.41, 5.74) is 8.45. The SMILES string of the molecule is NC(=O)C1CCc2c1c1c(OCC(=O)O)cccc1n2Cc1ccc(F)c(F)c1. The van der Waals surface area contributed by atoms with Crippen LogP contribution in [0.2, 0.25) is 0 Å². The number of ether oxygens (including phenoxy) is 1. The molecule has 3 N–H and O–H groups in total. The van der Waals surface area contributed by atoms with Crippen molar-refractivity contribution in [3.63, 3.8) is 0 Å². The largest absolute Gasteiger partial charge is 0.481 e. The zero-order valence-electron chi connectivity index (χ0n) is 15.3. The average molecular weight is 400 g/mol. The smallest absolute Gasteiger partial charge is 0.341 e. The summed E-state index contributed by atoms with van der Waals surface area (Å²) in [5, 5.41) is 9.59. The molecule has 0 saturated carbocycles. The van der Waals surface area contributed by atoms with Crippen LogP contribution in [0.15, 0.2) is 36.4 Å². The third kappa shape index (κ3) is 3.30. The molecule has 29 heavy (non-hydrogen) atoms. The van der Waals surface area contributed by atoms with E-state index >= 15 is 0 Å². The van der Waals surface area contributed by atoms with Crippen LogP contribution in [-0.4, -0.2) is 28.2 Å². The fraction of sp³-hybridized carbons (Fsp3) is 0.238. The van der Waals surface area contributed by atoms with Crippen molar-refractivity contribution >= 4 is 22.8 Å². The maximum Gasteiger partial charge on any atom is 0.341 e. The zero-order valence-corrected chi connectivity index (χ0v) is 15.3. The first kappa shape index (κ1) is 18.9. The van der Waals surface area contributed by atoms with E-state index in [-0.39, 0.29) is 6.54 Å². The number of carbonyl (C=O) groups is 2. The van der Waals surface area contributed by atoms with E-state index in [9.17, 15) is 18.4 Å². The molecule has 6 nitrogen and oxygen atoms in total. The minimum absolute atomic E-state index is 0.261. The van der Waals surface area contributed by atoms with Crippen molar-refractivity contribution in [2.24, 2.45) is 5.73 Å². The number of carboxylic acids is 1. The zero-order chi connectivity index (χ0) is 20.7. The highest BCUT2D eigenvalue weighted by molar-refractivity contribution is 5.97. The number of hydrogen-bond acceptors (Lipinski definition) is 3. The number of carbonyl (C=O) groups excluding carboxylic acids is 1. The predicted molar refractivity (Wildman–Crippen MR) is 101 cm³/mol. The summed E-state index contributed by atoms with van der Waals surface area (Å²) in [6.45, 7) is -0.264. The van der Waals surface area contributed by atoms with Gasteiger partial charge in [-0.15, -0.1) is 0 Å². The van der Waals surface area contributed by atoms with Crippen LogP contribution in [0.3, 0.4) is 0 Å². The van der Waals surface area contributed by atoms with Crippen molar-refractivity contribution in [3.05, 3.63) is 64.9 Å². The van der Waals surface area contributed by atoms with E-state index in [0.29, 0.717) is 35.1 Å². The molecule has 8 heteroatoms. The molecule has 0 aliphatic heterocycles. The summed E-state index contributed by atoms with van der Waals surface area (Å²) in [4.78, 5) is 23.0. The highest BCUT2D eigenvalue weighted by Crippen LogP contribution is 2.44. The van der Waals surface area contributed by atoms with Gasteiger partial charge in [0, 0.05) is 17.6 Å². The minimum atomic E-state index is -1.12. The van der Waals surface area contributed by atoms with Gasteiger partial charge in [0.1, 0.15) is 5.75 Å². The molecule has 1 unspecified atom stereocenters. The molecule has 0 saturated heterocycles. The summed E-state index contributed by atoms with van der Waals surface area (Å²) >= 11 is 0. The third-order valence-corrected chi connectivity index (χ3v) is 5.24. The second-order valence-corrected chi connectivity index (χ2v) is 7.02. The van der Waals surface area contributed by atoms with Crippen molar-refractivity contribution < 1.29 is 28.2 Å². The molecule has 3 aromatic rings. The van der Waals surface area contributed by atoms with E-state index in [1.165, 1.54) is 6.07 Å². The van der Waals surface area contributed by atoms with Crippen molar-refractivity contribution in [2.45, 2.75) is 25.3 Å². The summed E-state index contributed by atoms with van der Waals surface area (Å²) < 4.78 is 34.4. The summed E-state index contributed by atoms with van der Waals surface area (Å²) in [6.07, 6.45) is 1.11. The molecule has 0 radical (unpaired) electrons. The van der Waals surface area contributed by atoms with E-state index in [1.54, 1.807) is 12.1 Å². The quantitative estimate of drug-likeness (QED) is 0.665. The maximum absolute atomic E-state index is 13.7. The average Bonchev–Trinajstić information content (AvgIpc) is 3.23. The number of nitrogens with zero attached hydrogens (tertiary/aromatic N) is 1. The van der Waals surface area contributed by atoms with Crippen LogP contribution >= 0.6 is 0 Å². The molecule has 0 spiro atoms. The number of nitrogens with two attached hydrogens (primary N) is 1. The first-order chi connectivity index (χ1) is 13.9. The van der Waals surface area contributed by atoms with Crippen LogP contribution in [0, 0.1) is 11.6 Å². The van der Waals surface area contributed by atoms with Crippen molar-refractivity contribution in [3.8, 4) is 5.75 Å². The van der Waals surface area contributed by atoms with Crippen LogP contribution < -0.4 is 10.5 Å². The number of carboxylic acid groups (broad SMARTS) is 1. The van der Waals surface area contributed by atoms with E-state index in [1.807, 2.05) is 10.6 Å². The Morgan fingerprint density at radius 2 is 2.00 bits per heavy atom. The van der Waals surface area contributed by atoms with Crippen LogP contribution in [0.1, 0.15) is 29.2 Å². The van der Waals surface area contributed by atoms with Gasteiger partial charge in [0.15, 0.2) is 18.2 Å². The number of hydrogen-bond donors (Lipinski definition) is 2. The molecule has 1 heterocycles. The number of amides is 1. The van der Waals surface area contributed by atoms with E-state index in [0.717, 1.165) is 23.4 Å². The second-order valence-electron chi connectivity index (χ2n) is 7.02. The van der Waals surface area contributed by atoms with Crippen LogP contribution in [0.4, 0.5) is 8.78 Å². The minimum Gasteiger partial charge on any atom is -0.481 e. The van der Waals surface area contributed by atoms with Gasteiger partial charge in [0.05, 0.1) is 11.4 Å². The Bertz CT molecular complexity index is 1140. The Morgan fingerprint density at radius 3 is 2.69 bits per heavy atom. The molecule has 150 valence electrons. The molecular weight excluding hydrogens is 382 g/mol. The van der Waals surface area contributed by atoms with E-state index in [4.69, 9.17) is 15.6 Å². The van der Waals surface area contributed by atoms with Crippen LogP contribution in [0.5, 0.6) is 5.75 Å². The number of primary amides is 1. The summed E-state index contributed by atoms with van der Waals surface area (Å²) in [6, 6.07) is 8.89. The monoisotopic (exact) mass is 400 g/mol. The Morgan fingerprint density at radius 1 is 1.21 bits per heavy atom. The first-order valence-corrected chi connectivity index (χ1v) is 9.08. The van der Waals surface area contributed by atoms with Crippen molar-refractivity contribution in [1.82, 2.24) is 4.57 Å². The van der Waals surface area contributed by atoms with Gasteiger partial charge in [-0.05, 0) is 48.2 Å². The molecule has 1 amide bonds. The standard InChI is InChI=1S/C21H18F2N2O4/c22-13-6-4-11(8-14(13)23)9-25-15-2-1-3-17(29-10-18(26)27)20(15)19-12(21(24)28)5-7-16(19)25/h1-4,6,8,12H,5,7,9-10H2,(H2,24,28)(H,26,27). The molecule has 2 aromatic carbocycles. The fourth-order valence-electron chi connectivity index (χ4n) is 4.07. The van der Waals surface area contributed by atoms with Gasteiger partial charge in [-0.2, -0.15) is 0 Å². The molecule has 0 bridgehead atoms. The lowest BCUT2D eigenvalue weighted by Gasteiger charge is -2.12. The Hall–Kier alpha value is -3.42. The van der Waals surface area contributed by atoms with Crippen molar-refractivity contribution in [2.75, 3.05) is 6.61 Å². The lowest BCUT2D eigenvalue weighted by atomic mass is 9.99. The Labute approximate surface area is 164 Å². The number of rotatable bonds is 6. The lowest BCUT2D eigenvalue weighted by molar-refractivity contribution is -0.139. The second kappa shape index (κ2) is 7.20. The topological polar surface area (TPSA) is 94.6 Å². The Kier molecular flexibility index (Phi) is 4.70. The van der Waals surface area contributed by atoms with Gasteiger partial charge in [0.25, 0.3) is 0 Å². The highest BCUT2D eigenvalue weighted by Gasteiger charge is 2.34. The van der Waals surface area contributed by atoms with Gasteiger partial charge < -0.3 is 20.1 Å². The van der Waals surface area contributed by atoms with Gasteiger partial charge in [-0.1, -0.05) is 12.1 Å². The summed E-state index contributed by atoms with van der Waals surface area (Å²) in [7, 11) is 0. The number of aromatic nitrogens is 1. The molecule has 1 aromatic heterocycles. The van der Waals surface area contributed by atoms with Crippen molar-refractivity contribution in [1.29, 1.82) is 0 Å². The van der Waals surface area contributed by atoms with Gasteiger partial charge in [0.2, 0.25) is 5.91 Å². The molecule has 1 aliphatic carbocycles. The molecule has 1 atom stereocenters. The van der Waals surface area contributed by atoms with E-state index in [2.05, 4.69) is 0 Å². The first-order valence-electron chi connectivity index (χ1n) is 9.08. The maximum atomic E-state index is 13.7. The normalized spacial score (nSPS) is 15.4. The predicted octanol–water partition coefficient (Wildman–Crippen LogP) is 2.95. The Balaban J connectivity index is 1.88. The highest BCUT2D eigenvalue weighted by atomic mass is 19.2. The summed E-state index contributed by atoms with van der Waals surface area (Å²) in [5.74, 6) is -3.62. The van der Waals surface area contributed by atoms with Gasteiger partial charge >= 0.3 is 5.97 Å².